The second-order valence-corrected chi connectivity index (χ2v) is 7.01. The van der Waals surface area contributed by atoms with Gasteiger partial charge in [0.25, 0.3) is 5.91 Å². The summed E-state index contributed by atoms with van der Waals surface area (Å²) in [7, 11) is 5.84. The third-order valence-electron chi connectivity index (χ3n) is 4.57. The molecule has 28 heavy (non-hydrogen) atoms. The van der Waals surface area contributed by atoms with E-state index in [0.717, 1.165) is 29.0 Å². The van der Waals surface area contributed by atoms with Gasteiger partial charge < -0.3 is 14.6 Å². The molecule has 0 bridgehead atoms. The SMILES string of the molecule is CN(C)CCNC(=O)c1ccn(-c2ccc3ccc(-c4cnn(C)c4)cn23)n1. The normalized spacial score (nSPS) is 11.4. The van der Waals surface area contributed by atoms with Crippen LogP contribution in [0.4, 0.5) is 0 Å². The number of fused-ring (bicyclic) bond motifs is 1. The van der Waals surface area contributed by atoms with Crippen LogP contribution in [0.3, 0.4) is 0 Å². The Hall–Kier alpha value is -3.39. The van der Waals surface area contributed by atoms with E-state index >= 15 is 0 Å². The molecule has 8 nitrogen and oxygen atoms in total. The van der Waals surface area contributed by atoms with Gasteiger partial charge in [0.2, 0.25) is 0 Å². The van der Waals surface area contributed by atoms with Gasteiger partial charge in [0.1, 0.15) is 5.82 Å². The number of aryl methyl sites for hydroxylation is 1. The van der Waals surface area contributed by atoms with Gasteiger partial charge in [-0.15, -0.1) is 0 Å². The van der Waals surface area contributed by atoms with Crippen molar-refractivity contribution in [1.29, 1.82) is 0 Å². The molecule has 0 radical (unpaired) electrons. The number of rotatable bonds is 6. The van der Waals surface area contributed by atoms with Crippen LogP contribution in [0.15, 0.2) is 55.1 Å². The van der Waals surface area contributed by atoms with E-state index in [2.05, 4.69) is 38.2 Å². The Morgan fingerprint density at radius 1 is 1.11 bits per heavy atom. The third kappa shape index (κ3) is 3.54. The summed E-state index contributed by atoms with van der Waals surface area (Å²) in [6, 6.07) is 9.88. The first kappa shape index (κ1) is 18.0. The lowest BCUT2D eigenvalue weighted by molar-refractivity contribution is 0.0945. The number of hydrogen-bond acceptors (Lipinski definition) is 4. The maximum absolute atomic E-state index is 12.3. The van der Waals surface area contributed by atoms with Crippen LogP contribution in [0, 0.1) is 0 Å². The topological polar surface area (TPSA) is 72.4 Å². The minimum atomic E-state index is -0.169. The van der Waals surface area contributed by atoms with Gasteiger partial charge in [-0.05, 0) is 38.4 Å². The van der Waals surface area contributed by atoms with Crippen LogP contribution in [-0.2, 0) is 7.05 Å². The molecule has 0 aliphatic heterocycles. The highest BCUT2D eigenvalue weighted by Crippen LogP contribution is 2.22. The number of hydrogen-bond donors (Lipinski definition) is 1. The Kier molecular flexibility index (Phi) is 4.70. The molecule has 1 N–H and O–H groups in total. The van der Waals surface area contributed by atoms with Crippen molar-refractivity contribution in [1.82, 2.24) is 34.2 Å². The van der Waals surface area contributed by atoms with E-state index in [1.165, 1.54) is 0 Å². The van der Waals surface area contributed by atoms with Crippen LogP contribution in [0.1, 0.15) is 10.5 Å². The number of amides is 1. The smallest absolute Gasteiger partial charge is 0.271 e. The number of pyridine rings is 1. The molecule has 1 amide bonds. The summed E-state index contributed by atoms with van der Waals surface area (Å²) in [5.74, 6) is 0.700. The minimum Gasteiger partial charge on any atom is -0.349 e. The molecular formula is C20H23N7O. The molecule has 0 saturated carbocycles. The quantitative estimate of drug-likeness (QED) is 0.556. The van der Waals surface area contributed by atoms with Crippen molar-refractivity contribution in [2.45, 2.75) is 0 Å². The standard InChI is InChI=1S/C20H23N7O/c1-24(2)11-9-21-20(28)18-8-10-27(23-18)19-7-6-17-5-4-15(14-26(17)19)16-12-22-25(3)13-16/h4-8,10,12-14H,9,11H2,1-3H3,(H,21,28). The maximum Gasteiger partial charge on any atom is 0.271 e. The summed E-state index contributed by atoms with van der Waals surface area (Å²) >= 11 is 0. The molecule has 0 fully saturated rings. The molecule has 0 aliphatic rings. The van der Waals surface area contributed by atoms with Gasteiger partial charge in [-0.2, -0.15) is 10.2 Å². The first-order chi connectivity index (χ1) is 13.5. The first-order valence-electron chi connectivity index (χ1n) is 9.10. The van der Waals surface area contributed by atoms with Gasteiger partial charge in [-0.3, -0.25) is 9.48 Å². The van der Waals surface area contributed by atoms with Crippen LogP contribution in [0.5, 0.6) is 0 Å². The largest absolute Gasteiger partial charge is 0.349 e. The highest BCUT2D eigenvalue weighted by molar-refractivity contribution is 5.92. The van der Waals surface area contributed by atoms with E-state index in [1.54, 1.807) is 21.6 Å². The van der Waals surface area contributed by atoms with E-state index in [9.17, 15) is 4.79 Å². The molecule has 0 unspecified atom stereocenters. The van der Waals surface area contributed by atoms with Gasteiger partial charge in [0, 0.05) is 55.4 Å². The summed E-state index contributed by atoms with van der Waals surface area (Å²) in [5, 5.41) is 11.6. The fraction of sp³-hybridized carbons (Fsp3) is 0.250. The van der Waals surface area contributed by atoms with Gasteiger partial charge in [-0.25, -0.2) is 4.68 Å². The molecule has 4 aromatic rings. The number of likely N-dealkylation sites (N-methyl/N-ethyl adjacent to an activating group) is 1. The van der Waals surface area contributed by atoms with E-state index in [0.29, 0.717) is 12.2 Å². The third-order valence-corrected chi connectivity index (χ3v) is 4.57. The molecule has 4 aromatic heterocycles. The number of nitrogens with one attached hydrogen (secondary N) is 1. The lowest BCUT2D eigenvalue weighted by Gasteiger charge is -2.09. The zero-order valence-electron chi connectivity index (χ0n) is 16.2. The molecule has 4 rings (SSSR count). The van der Waals surface area contributed by atoms with Crippen molar-refractivity contribution in [3.05, 3.63) is 60.8 Å². The lowest BCUT2D eigenvalue weighted by atomic mass is 10.1. The van der Waals surface area contributed by atoms with Crippen LogP contribution in [0.25, 0.3) is 22.5 Å². The fourth-order valence-corrected chi connectivity index (χ4v) is 3.07. The average molecular weight is 377 g/mol. The summed E-state index contributed by atoms with van der Waals surface area (Å²) < 4.78 is 5.56. The van der Waals surface area contributed by atoms with E-state index in [4.69, 9.17) is 0 Å². The highest BCUT2D eigenvalue weighted by Gasteiger charge is 2.12. The average Bonchev–Trinajstić information content (AvgIpc) is 3.39. The van der Waals surface area contributed by atoms with Crippen molar-refractivity contribution in [3.63, 3.8) is 0 Å². The number of aromatic nitrogens is 5. The Balaban J connectivity index is 1.61. The molecule has 144 valence electrons. The van der Waals surface area contributed by atoms with E-state index in [1.807, 2.05) is 50.6 Å². The summed E-state index contributed by atoms with van der Waals surface area (Å²) in [6.07, 6.45) is 7.68. The molecule has 8 heteroatoms. The lowest BCUT2D eigenvalue weighted by Crippen LogP contribution is -2.31. The van der Waals surface area contributed by atoms with Gasteiger partial charge >= 0.3 is 0 Å². The van der Waals surface area contributed by atoms with Crippen molar-refractivity contribution in [2.24, 2.45) is 7.05 Å². The van der Waals surface area contributed by atoms with Gasteiger partial charge in [-0.1, -0.05) is 6.07 Å². The van der Waals surface area contributed by atoms with E-state index in [-0.39, 0.29) is 5.91 Å². The molecular weight excluding hydrogens is 354 g/mol. The monoisotopic (exact) mass is 377 g/mol. The molecule has 0 saturated heterocycles. The molecule has 0 atom stereocenters. The summed E-state index contributed by atoms with van der Waals surface area (Å²) in [6.45, 7) is 1.37. The molecule has 0 aliphatic carbocycles. The fourth-order valence-electron chi connectivity index (χ4n) is 3.07. The van der Waals surface area contributed by atoms with Crippen LogP contribution >= 0.6 is 0 Å². The Morgan fingerprint density at radius 3 is 2.68 bits per heavy atom. The number of nitrogens with zero attached hydrogens (tertiary/aromatic N) is 6. The van der Waals surface area contributed by atoms with Crippen LogP contribution in [-0.4, -0.2) is 62.0 Å². The van der Waals surface area contributed by atoms with Gasteiger partial charge in [0.05, 0.1) is 6.20 Å². The summed E-state index contributed by atoms with van der Waals surface area (Å²) in [5.41, 5.74) is 3.56. The van der Waals surface area contributed by atoms with Gasteiger partial charge in [0.15, 0.2) is 5.69 Å². The number of carbonyl (C=O) groups is 1. The molecule has 4 heterocycles. The zero-order valence-corrected chi connectivity index (χ0v) is 16.2. The summed E-state index contributed by atoms with van der Waals surface area (Å²) in [4.78, 5) is 14.3. The zero-order chi connectivity index (χ0) is 19.7. The Bertz CT molecular complexity index is 1120. The van der Waals surface area contributed by atoms with Crippen molar-refractivity contribution in [2.75, 3.05) is 27.2 Å². The van der Waals surface area contributed by atoms with Crippen molar-refractivity contribution >= 4 is 11.4 Å². The maximum atomic E-state index is 12.3. The molecule has 0 aromatic carbocycles. The number of carbonyl (C=O) groups excluding carboxylic acids is 1. The second-order valence-electron chi connectivity index (χ2n) is 7.01. The predicted octanol–water partition coefficient (Wildman–Crippen LogP) is 1.82. The van der Waals surface area contributed by atoms with Crippen molar-refractivity contribution < 1.29 is 4.79 Å². The van der Waals surface area contributed by atoms with Crippen LogP contribution < -0.4 is 5.32 Å². The van der Waals surface area contributed by atoms with E-state index < -0.39 is 0 Å². The molecule has 0 spiro atoms. The van der Waals surface area contributed by atoms with Crippen LogP contribution in [0.2, 0.25) is 0 Å². The Morgan fingerprint density at radius 2 is 1.93 bits per heavy atom. The Labute approximate surface area is 163 Å². The highest BCUT2D eigenvalue weighted by atomic mass is 16.1. The first-order valence-corrected chi connectivity index (χ1v) is 9.10. The minimum absolute atomic E-state index is 0.169. The predicted molar refractivity (Wildman–Crippen MR) is 108 cm³/mol. The second kappa shape index (κ2) is 7.32. The van der Waals surface area contributed by atoms with Crippen molar-refractivity contribution in [3.8, 4) is 16.9 Å².